The lowest BCUT2D eigenvalue weighted by Gasteiger charge is -2.04. The van der Waals surface area contributed by atoms with Gasteiger partial charge in [0.2, 0.25) is 10.0 Å². The van der Waals surface area contributed by atoms with Gasteiger partial charge in [-0.3, -0.25) is 9.97 Å². The lowest BCUT2D eigenvalue weighted by Crippen LogP contribution is -2.23. The van der Waals surface area contributed by atoms with Crippen molar-refractivity contribution in [3.05, 3.63) is 41.7 Å². The van der Waals surface area contributed by atoms with E-state index < -0.39 is 16.0 Å². The standard InChI is InChI=1S/C12H14N4O4S/c1-8-4-14-9(5-13-8)6-15-21(19,20)10-3-11(12(17)18)16(2)7-10/h3-5,7,15H,6H2,1-2H3,(H,17,18). The molecule has 8 nitrogen and oxygen atoms in total. The average Bonchev–Trinajstić information content (AvgIpc) is 2.81. The first-order valence-electron chi connectivity index (χ1n) is 5.96. The third-order valence-electron chi connectivity index (χ3n) is 2.79. The molecule has 0 saturated heterocycles. The first-order chi connectivity index (χ1) is 9.79. The van der Waals surface area contributed by atoms with Crippen molar-refractivity contribution in [2.24, 2.45) is 7.05 Å². The van der Waals surface area contributed by atoms with Gasteiger partial charge in [0.1, 0.15) is 10.6 Å². The number of nitrogens with one attached hydrogen (secondary N) is 1. The van der Waals surface area contributed by atoms with E-state index in [2.05, 4.69) is 14.7 Å². The van der Waals surface area contributed by atoms with Gasteiger partial charge in [0.05, 0.1) is 24.1 Å². The fraction of sp³-hybridized carbons (Fsp3) is 0.250. The predicted octanol–water partition coefficient (Wildman–Crippen LogP) is 0.300. The van der Waals surface area contributed by atoms with E-state index >= 15 is 0 Å². The van der Waals surface area contributed by atoms with E-state index in [4.69, 9.17) is 5.11 Å². The largest absolute Gasteiger partial charge is 0.477 e. The molecule has 0 atom stereocenters. The summed E-state index contributed by atoms with van der Waals surface area (Å²) in [6, 6.07) is 1.10. The number of aromatic carboxylic acids is 1. The summed E-state index contributed by atoms with van der Waals surface area (Å²) >= 11 is 0. The molecule has 2 heterocycles. The number of carboxylic acids is 1. The van der Waals surface area contributed by atoms with Crippen LogP contribution in [0.5, 0.6) is 0 Å². The van der Waals surface area contributed by atoms with Gasteiger partial charge in [0.15, 0.2) is 0 Å². The number of carboxylic acid groups (broad SMARTS) is 1. The van der Waals surface area contributed by atoms with Crippen LogP contribution in [-0.2, 0) is 23.6 Å². The predicted molar refractivity (Wildman–Crippen MR) is 73.2 cm³/mol. The first-order valence-corrected chi connectivity index (χ1v) is 7.45. The van der Waals surface area contributed by atoms with E-state index in [1.807, 2.05) is 0 Å². The number of carbonyl (C=O) groups is 1. The molecular weight excluding hydrogens is 296 g/mol. The van der Waals surface area contributed by atoms with Crippen LogP contribution in [0.2, 0.25) is 0 Å². The van der Waals surface area contributed by atoms with Crippen LogP contribution in [-0.4, -0.2) is 34.0 Å². The van der Waals surface area contributed by atoms with Gasteiger partial charge in [-0.15, -0.1) is 0 Å². The summed E-state index contributed by atoms with van der Waals surface area (Å²) in [5.41, 5.74) is 1.10. The fourth-order valence-corrected chi connectivity index (χ4v) is 2.72. The van der Waals surface area contributed by atoms with E-state index in [0.29, 0.717) is 5.69 Å². The molecule has 0 radical (unpaired) electrons. The Balaban J connectivity index is 2.17. The molecule has 0 amide bonds. The maximum absolute atomic E-state index is 12.1. The second kappa shape index (κ2) is 5.62. The minimum atomic E-state index is -3.81. The van der Waals surface area contributed by atoms with Crippen molar-refractivity contribution in [1.29, 1.82) is 0 Å². The highest BCUT2D eigenvalue weighted by Gasteiger charge is 2.20. The van der Waals surface area contributed by atoms with E-state index in [9.17, 15) is 13.2 Å². The molecule has 0 aliphatic carbocycles. The van der Waals surface area contributed by atoms with E-state index in [-0.39, 0.29) is 17.1 Å². The Morgan fingerprint density at radius 1 is 1.38 bits per heavy atom. The third-order valence-corrected chi connectivity index (χ3v) is 4.16. The van der Waals surface area contributed by atoms with Crippen LogP contribution >= 0.6 is 0 Å². The Hall–Kier alpha value is -2.26. The van der Waals surface area contributed by atoms with Crippen molar-refractivity contribution in [2.75, 3.05) is 0 Å². The smallest absolute Gasteiger partial charge is 0.352 e. The van der Waals surface area contributed by atoms with Crippen molar-refractivity contribution in [2.45, 2.75) is 18.4 Å². The molecule has 0 aromatic carbocycles. The van der Waals surface area contributed by atoms with Gasteiger partial charge in [0.25, 0.3) is 0 Å². The molecule has 2 N–H and O–H groups in total. The lowest BCUT2D eigenvalue weighted by molar-refractivity contribution is 0.0686. The van der Waals surface area contributed by atoms with Gasteiger partial charge in [-0.25, -0.2) is 17.9 Å². The highest BCUT2D eigenvalue weighted by atomic mass is 32.2. The van der Waals surface area contributed by atoms with Gasteiger partial charge in [-0.1, -0.05) is 0 Å². The van der Waals surface area contributed by atoms with Crippen molar-refractivity contribution in [3.63, 3.8) is 0 Å². The van der Waals surface area contributed by atoms with E-state index in [1.165, 1.54) is 30.2 Å². The number of sulfonamides is 1. The summed E-state index contributed by atoms with van der Waals surface area (Å²) in [5.74, 6) is -1.19. The molecule has 0 fully saturated rings. The summed E-state index contributed by atoms with van der Waals surface area (Å²) < 4.78 is 27.8. The first kappa shape index (κ1) is 15.1. The van der Waals surface area contributed by atoms with Gasteiger partial charge < -0.3 is 9.67 Å². The average molecular weight is 310 g/mol. The van der Waals surface area contributed by atoms with Crippen LogP contribution in [0, 0.1) is 6.92 Å². The molecule has 112 valence electrons. The van der Waals surface area contributed by atoms with Gasteiger partial charge in [-0.05, 0) is 13.0 Å². The maximum atomic E-state index is 12.1. The summed E-state index contributed by atoms with van der Waals surface area (Å²) in [6.07, 6.45) is 4.26. The molecule has 0 aliphatic rings. The highest BCUT2D eigenvalue weighted by Crippen LogP contribution is 2.13. The summed E-state index contributed by atoms with van der Waals surface area (Å²) in [6.45, 7) is 1.76. The van der Waals surface area contributed by atoms with E-state index in [1.54, 1.807) is 6.92 Å². The number of hydrogen-bond donors (Lipinski definition) is 2. The summed E-state index contributed by atoms with van der Waals surface area (Å²) in [7, 11) is -2.34. The number of hydrogen-bond acceptors (Lipinski definition) is 5. The second-order valence-corrected chi connectivity index (χ2v) is 6.22. The lowest BCUT2D eigenvalue weighted by atomic mass is 10.4. The van der Waals surface area contributed by atoms with Gasteiger partial charge in [0, 0.05) is 19.4 Å². The number of aromatic nitrogens is 3. The van der Waals surface area contributed by atoms with Crippen molar-refractivity contribution >= 4 is 16.0 Å². The minimum Gasteiger partial charge on any atom is -0.477 e. The zero-order valence-corrected chi connectivity index (χ0v) is 12.3. The van der Waals surface area contributed by atoms with Crippen LogP contribution in [0.15, 0.2) is 29.6 Å². The minimum absolute atomic E-state index is 0.0209. The van der Waals surface area contributed by atoms with Gasteiger partial charge in [-0.2, -0.15) is 0 Å². The molecule has 0 spiro atoms. The Labute approximate surface area is 121 Å². The SMILES string of the molecule is Cc1cnc(CNS(=O)(=O)c2cc(C(=O)O)n(C)c2)cn1. The van der Waals surface area contributed by atoms with Crippen molar-refractivity contribution < 1.29 is 18.3 Å². The van der Waals surface area contributed by atoms with Crippen LogP contribution in [0.25, 0.3) is 0 Å². The quantitative estimate of drug-likeness (QED) is 0.821. The molecule has 2 aromatic heterocycles. The summed E-state index contributed by atoms with van der Waals surface area (Å²) in [5, 5.41) is 8.92. The third kappa shape index (κ3) is 3.44. The Bertz CT molecular complexity index is 765. The monoisotopic (exact) mass is 310 g/mol. The van der Waals surface area contributed by atoms with E-state index in [0.717, 1.165) is 11.8 Å². The van der Waals surface area contributed by atoms with Crippen LogP contribution in [0.1, 0.15) is 21.9 Å². The summed E-state index contributed by atoms with van der Waals surface area (Å²) in [4.78, 5) is 18.9. The zero-order valence-electron chi connectivity index (χ0n) is 11.4. The normalized spacial score (nSPS) is 11.5. The molecule has 21 heavy (non-hydrogen) atoms. The molecule has 9 heteroatoms. The fourth-order valence-electron chi connectivity index (χ4n) is 1.66. The number of rotatable bonds is 5. The molecule has 2 rings (SSSR count). The topological polar surface area (TPSA) is 114 Å². The molecule has 0 bridgehead atoms. The molecule has 0 aliphatic heterocycles. The second-order valence-electron chi connectivity index (χ2n) is 4.45. The van der Waals surface area contributed by atoms with Crippen LogP contribution < -0.4 is 4.72 Å². The Morgan fingerprint density at radius 3 is 2.62 bits per heavy atom. The molecule has 0 saturated carbocycles. The Morgan fingerprint density at radius 2 is 2.10 bits per heavy atom. The molecular formula is C12H14N4O4S. The molecule has 0 unspecified atom stereocenters. The number of aryl methyl sites for hydroxylation is 2. The number of nitrogens with zero attached hydrogens (tertiary/aromatic N) is 3. The van der Waals surface area contributed by atoms with Gasteiger partial charge >= 0.3 is 5.97 Å². The van der Waals surface area contributed by atoms with Crippen LogP contribution in [0.4, 0.5) is 0 Å². The van der Waals surface area contributed by atoms with Crippen molar-refractivity contribution in [1.82, 2.24) is 19.3 Å². The molecule has 2 aromatic rings. The highest BCUT2D eigenvalue weighted by molar-refractivity contribution is 7.89. The maximum Gasteiger partial charge on any atom is 0.352 e. The van der Waals surface area contributed by atoms with Crippen LogP contribution in [0.3, 0.4) is 0 Å². The Kier molecular flexibility index (Phi) is 4.05. The zero-order chi connectivity index (χ0) is 15.6. The van der Waals surface area contributed by atoms with Crippen molar-refractivity contribution in [3.8, 4) is 0 Å².